The van der Waals surface area contributed by atoms with Crippen LogP contribution in [-0.2, 0) is 9.53 Å². The molecule has 94 valence electrons. The lowest BCUT2D eigenvalue weighted by molar-refractivity contribution is -0.153. The molecule has 16 heavy (non-hydrogen) atoms. The van der Waals surface area contributed by atoms with E-state index in [0.29, 0.717) is 18.6 Å². The molecule has 1 saturated heterocycles. The van der Waals surface area contributed by atoms with Gasteiger partial charge in [0.1, 0.15) is 5.60 Å². The van der Waals surface area contributed by atoms with E-state index in [0.717, 1.165) is 13.0 Å². The second kappa shape index (κ2) is 5.15. The average molecular weight is 228 g/mol. The van der Waals surface area contributed by atoms with Crippen LogP contribution in [0.4, 0.5) is 0 Å². The zero-order valence-electron chi connectivity index (χ0n) is 11.0. The highest BCUT2D eigenvalue weighted by molar-refractivity contribution is 5.72. The molecule has 1 aliphatic heterocycles. The zero-order chi connectivity index (χ0) is 12.3. The van der Waals surface area contributed by atoms with Crippen LogP contribution in [0.1, 0.15) is 34.1 Å². The summed E-state index contributed by atoms with van der Waals surface area (Å²) in [4.78, 5) is 13.8. The van der Waals surface area contributed by atoms with Gasteiger partial charge in [-0.05, 0) is 41.2 Å². The van der Waals surface area contributed by atoms with Crippen molar-refractivity contribution in [3.8, 4) is 0 Å². The molecule has 0 bridgehead atoms. The van der Waals surface area contributed by atoms with Gasteiger partial charge in [0.05, 0.1) is 6.54 Å². The first-order chi connectivity index (χ1) is 7.28. The minimum absolute atomic E-state index is 0.172. The molecule has 0 saturated carbocycles. The molecule has 0 aliphatic carbocycles. The minimum atomic E-state index is -0.390. The fourth-order valence-corrected chi connectivity index (χ4v) is 1.95. The van der Waals surface area contributed by atoms with E-state index in [-0.39, 0.29) is 5.97 Å². The Kier molecular flexibility index (Phi) is 4.33. The lowest BCUT2D eigenvalue weighted by atomic mass is 10.2. The minimum Gasteiger partial charge on any atom is -0.459 e. The van der Waals surface area contributed by atoms with Gasteiger partial charge in [-0.1, -0.05) is 0 Å². The van der Waals surface area contributed by atoms with Gasteiger partial charge in [0.25, 0.3) is 0 Å². The summed E-state index contributed by atoms with van der Waals surface area (Å²) in [5.74, 6) is -0.172. The third kappa shape index (κ3) is 4.49. The maximum Gasteiger partial charge on any atom is 0.320 e. The maximum atomic E-state index is 11.5. The molecule has 0 aromatic carbocycles. The molecule has 2 atom stereocenters. The number of carbonyl (C=O) groups is 1. The smallest absolute Gasteiger partial charge is 0.320 e. The van der Waals surface area contributed by atoms with Crippen molar-refractivity contribution >= 4 is 5.97 Å². The topological polar surface area (TPSA) is 41.6 Å². The molecule has 1 fully saturated rings. The van der Waals surface area contributed by atoms with Crippen molar-refractivity contribution in [1.29, 1.82) is 0 Å². The first kappa shape index (κ1) is 13.5. The van der Waals surface area contributed by atoms with E-state index in [4.69, 9.17) is 4.74 Å². The van der Waals surface area contributed by atoms with E-state index >= 15 is 0 Å². The Labute approximate surface area is 98.3 Å². The third-order valence-corrected chi connectivity index (χ3v) is 2.84. The van der Waals surface area contributed by atoms with Crippen LogP contribution in [0.3, 0.4) is 0 Å². The monoisotopic (exact) mass is 228 g/mol. The van der Waals surface area contributed by atoms with E-state index in [2.05, 4.69) is 24.2 Å². The largest absolute Gasteiger partial charge is 0.459 e. The summed E-state index contributed by atoms with van der Waals surface area (Å²) in [5, 5.41) is 3.25. The van der Waals surface area contributed by atoms with Gasteiger partial charge in [0.2, 0.25) is 0 Å². The molecule has 0 spiro atoms. The molecule has 2 unspecified atom stereocenters. The molecular formula is C12H24N2O2. The zero-order valence-corrected chi connectivity index (χ0v) is 11.0. The Bertz CT molecular complexity index is 238. The summed E-state index contributed by atoms with van der Waals surface area (Å²) in [6.45, 7) is 9.17. The highest BCUT2D eigenvalue weighted by Crippen LogP contribution is 2.14. The number of rotatable bonds is 3. The van der Waals surface area contributed by atoms with E-state index in [1.807, 2.05) is 20.8 Å². The Morgan fingerprint density at radius 2 is 2.12 bits per heavy atom. The van der Waals surface area contributed by atoms with E-state index < -0.39 is 5.60 Å². The van der Waals surface area contributed by atoms with Gasteiger partial charge in [0, 0.05) is 18.6 Å². The van der Waals surface area contributed by atoms with E-state index in [1.165, 1.54) is 0 Å². The predicted molar refractivity (Wildman–Crippen MR) is 64.3 cm³/mol. The first-order valence-corrected chi connectivity index (χ1v) is 5.93. The lowest BCUT2D eigenvalue weighted by Gasteiger charge is -2.20. The van der Waals surface area contributed by atoms with Crippen molar-refractivity contribution in [3.63, 3.8) is 0 Å². The second-order valence-electron chi connectivity index (χ2n) is 5.69. The summed E-state index contributed by atoms with van der Waals surface area (Å²) < 4.78 is 5.24. The van der Waals surface area contributed by atoms with Gasteiger partial charge >= 0.3 is 5.97 Å². The van der Waals surface area contributed by atoms with Crippen LogP contribution in [0.2, 0.25) is 0 Å². The average Bonchev–Trinajstić information content (AvgIpc) is 2.40. The van der Waals surface area contributed by atoms with Crippen LogP contribution in [0.5, 0.6) is 0 Å². The number of nitrogens with one attached hydrogen (secondary N) is 1. The highest BCUT2D eigenvalue weighted by atomic mass is 16.6. The number of ether oxygens (including phenoxy) is 1. The Morgan fingerprint density at radius 1 is 1.50 bits per heavy atom. The number of nitrogens with zero attached hydrogens (tertiary/aromatic N) is 1. The third-order valence-electron chi connectivity index (χ3n) is 2.84. The SMILES string of the molecule is CC1CC(NCC(=O)OC(C)(C)C)CN1C. The normalized spacial score (nSPS) is 27.1. The summed E-state index contributed by atoms with van der Waals surface area (Å²) >= 11 is 0. The molecule has 0 aromatic heterocycles. The van der Waals surface area contributed by atoms with Gasteiger partial charge in [-0.15, -0.1) is 0 Å². The van der Waals surface area contributed by atoms with Gasteiger partial charge in [0.15, 0.2) is 0 Å². The first-order valence-electron chi connectivity index (χ1n) is 5.93. The van der Waals surface area contributed by atoms with Crippen LogP contribution < -0.4 is 5.32 Å². The summed E-state index contributed by atoms with van der Waals surface area (Å²) in [6.07, 6.45) is 1.10. The predicted octanol–water partition coefficient (Wildman–Crippen LogP) is 1.01. The van der Waals surface area contributed by atoms with Crippen LogP contribution >= 0.6 is 0 Å². The highest BCUT2D eigenvalue weighted by Gasteiger charge is 2.26. The van der Waals surface area contributed by atoms with Crippen molar-refractivity contribution in [2.24, 2.45) is 0 Å². The molecule has 0 radical (unpaired) electrons. The number of likely N-dealkylation sites (N-methyl/N-ethyl adjacent to an activating group) is 1. The van der Waals surface area contributed by atoms with Crippen molar-refractivity contribution < 1.29 is 9.53 Å². The number of esters is 1. The number of likely N-dealkylation sites (tertiary alicyclic amines) is 1. The summed E-state index contributed by atoms with van der Waals surface area (Å²) in [7, 11) is 2.11. The van der Waals surface area contributed by atoms with Gasteiger partial charge in [-0.2, -0.15) is 0 Å². The van der Waals surface area contributed by atoms with Crippen molar-refractivity contribution in [1.82, 2.24) is 10.2 Å². The van der Waals surface area contributed by atoms with E-state index in [9.17, 15) is 4.79 Å². The number of carbonyl (C=O) groups excluding carboxylic acids is 1. The second-order valence-corrected chi connectivity index (χ2v) is 5.69. The molecule has 0 aromatic rings. The van der Waals surface area contributed by atoms with E-state index in [1.54, 1.807) is 0 Å². The molecule has 4 heteroatoms. The Hall–Kier alpha value is -0.610. The van der Waals surface area contributed by atoms with Gasteiger partial charge in [-0.3, -0.25) is 4.79 Å². The summed E-state index contributed by atoms with van der Waals surface area (Å²) in [6, 6.07) is 1.00. The van der Waals surface area contributed by atoms with Crippen LogP contribution in [0, 0.1) is 0 Å². The molecule has 1 heterocycles. The quantitative estimate of drug-likeness (QED) is 0.732. The van der Waals surface area contributed by atoms with Crippen LogP contribution in [-0.4, -0.2) is 48.7 Å². The van der Waals surface area contributed by atoms with Crippen molar-refractivity contribution in [3.05, 3.63) is 0 Å². The standard InChI is InChI=1S/C12H24N2O2/c1-9-6-10(8-14(9)5)13-7-11(15)16-12(2,3)4/h9-10,13H,6-8H2,1-5H3. The Balaban J connectivity index is 2.23. The molecule has 1 N–H and O–H groups in total. The molecule has 4 nitrogen and oxygen atoms in total. The lowest BCUT2D eigenvalue weighted by Crippen LogP contribution is -2.38. The summed E-state index contributed by atoms with van der Waals surface area (Å²) in [5.41, 5.74) is -0.390. The van der Waals surface area contributed by atoms with Crippen LogP contribution in [0.25, 0.3) is 0 Å². The maximum absolute atomic E-state index is 11.5. The molecule has 0 amide bonds. The fourth-order valence-electron chi connectivity index (χ4n) is 1.95. The Morgan fingerprint density at radius 3 is 2.56 bits per heavy atom. The molecule has 1 rings (SSSR count). The fraction of sp³-hybridized carbons (Fsp3) is 0.917. The number of hydrogen-bond donors (Lipinski definition) is 1. The molecule has 1 aliphatic rings. The number of hydrogen-bond acceptors (Lipinski definition) is 4. The molecular weight excluding hydrogens is 204 g/mol. The van der Waals surface area contributed by atoms with Gasteiger partial charge < -0.3 is 15.0 Å². The van der Waals surface area contributed by atoms with Crippen LogP contribution in [0.15, 0.2) is 0 Å². The van der Waals surface area contributed by atoms with Crippen molar-refractivity contribution in [2.45, 2.75) is 51.8 Å². The van der Waals surface area contributed by atoms with Crippen molar-refractivity contribution in [2.75, 3.05) is 20.1 Å². The van der Waals surface area contributed by atoms with Gasteiger partial charge in [-0.25, -0.2) is 0 Å².